The summed E-state index contributed by atoms with van der Waals surface area (Å²) in [5, 5.41) is 0. The topological polar surface area (TPSA) is 16.1 Å². The van der Waals surface area contributed by atoms with Gasteiger partial charge in [0, 0.05) is 17.2 Å². The first-order chi connectivity index (χ1) is 6.84. The van der Waals surface area contributed by atoms with Gasteiger partial charge in [-0.15, -0.1) is 0 Å². The minimum atomic E-state index is 1.01. The van der Waals surface area contributed by atoms with E-state index in [1.807, 2.05) is 6.20 Å². The molecule has 0 amide bonds. The molecule has 2 heterocycles. The number of pyridine rings is 1. The normalized spacial score (nSPS) is 18.4. The second-order valence-electron chi connectivity index (χ2n) is 3.80. The Balaban J connectivity index is 1.92. The van der Waals surface area contributed by atoms with Crippen LogP contribution < -0.4 is 0 Å². The number of nitrogens with zero attached hydrogens (tertiary/aromatic N) is 2. The van der Waals surface area contributed by atoms with E-state index in [1.165, 1.54) is 38.0 Å². The van der Waals surface area contributed by atoms with Crippen LogP contribution in [0.15, 0.2) is 22.8 Å². The molecule has 1 aromatic heterocycles. The number of piperidine rings is 1. The Morgan fingerprint density at radius 1 is 1.21 bits per heavy atom. The van der Waals surface area contributed by atoms with Gasteiger partial charge in [0.05, 0.1) is 5.69 Å². The SMILES string of the molecule is Brc1ccc(CN2CCCCC2)nc1. The van der Waals surface area contributed by atoms with Gasteiger partial charge in [0.15, 0.2) is 0 Å². The highest BCUT2D eigenvalue weighted by Crippen LogP contribution is 2.13. The maximum absolute atomic E-state index is 4.38. The van der Waals surface area contributed by atoms with Crippen molar-refractivity contribution in [2.75, 3.05) is 13.1 Å². The Hall–Kier alpha value is -0.410. The Morgan fingerprint density at radius 2 is 2.00 bits per heavy atom. The van der Waals surface area contributed by atoms with Gasteiger partial charge in [-0.2, -0.15) is 0 Å². The zero-order chi connectivity index (χ0) is 9.80. The molecule has 1 fully saturated rings. The molecule has 0 atom stereocenters. The van der Waals surface area contributed by atoms with Gasteiger partial charge in [0.1, 0.15) is 0 Å². The molecule has 76 valence electrons. The highest BCUT2D eigenvalue weighted by molar-refractivity contribution is 9.10. The van der Waals surface area contributed by atoms with E-state index < -0.39 is 0 Å². The molecule has 0 spiro atoms. The molecule has 0 bridgehead atoms. The van der Waals surface area contributed by atoms with Crippen molar-refractivity contribution in [3.8, 4) is 0 Å². The van der Waals surface area contributed by atoms with Crippen LogP contribution in [0, 0.1) is 0 Å². The lowest BCUT2D eigenvalue weighted by atomic mass is 10.1. The fourth-order valence-corrected chi connectivity index (χ4v) is 2.08. The summed E-state index contributed by atoms with van der Waals surface area (Å²) in [6.07, 6.45) is 5.95. The number of hydrogen-bond acceptors (Lipinski definition) is 2. The van der Waals surface area contributed by atoms with Crippen LogP contribution in [0.25, 0.3) is 0 Å². The second kappa shape index (κ2) is 4.89. The van der Waals surface area contributed by atoms with E-state index in [4.69, 9.17) is 0 Å². The summed E-state index contributed by atoms with van der Waals surface area (Å²) in [5.41, 5.74) is 1.18. The molecular weight excluding hydrogens is 240 g/mol. The van der Waals surface area contributed by atoms with E-state index in [9.17, 15) is 0 Å². The van der Waals surface area contributed by atoms with Crippen molar-refractivity contribution in [2.24, 2.45) is 0 Å². The Kier molecular flexibility index (Phi) is 3.54. The molecule has 2 nitrogen and oxygen atoms in total. The smallest absolute Gasteiger partial charge is 0.0544 e. The van der Waals surface area contributed by atoms with Crippen LogP contribution in [-0.2, 0) is 6.54 Å². The maximum Gasteiger partial charge on any atom is 0.0544 e. The monoisotopic (exact) mass is 254 g/mol. The quantitative estimate of drug-likeness (QED) is 0.807. The van der Waals surface area contributed by atoms with Crippen LogP contribution in [0.2, 0.25) is 0 Å². The molecule has 1 saturated heterocycles. The van der Waals surface area contributed by atoms with E-state index in [-0.39, 0.29) is 0 Å². The van der Waals surface area contributed by atoms with Gasteiger partial charge in [-0.25, -0.2) is 0 Å². The van der Waals surface area contributed by atoms with Gasteiger partial charge in [-0.3, -0.25) is 9.88 Å². The summed E-state index contributed by atoms with van der Waals surface area (Å²) < 4.78 is 1.06. The first kappa shape index (κ1) is 10.1. The summed E-state index contributed by atoms with van der Waals surface area (Å²) in [6.45, 7) is 3.47. The van der Waals surface area contributed by atoms with Gasteiger partial charge in [-0.05, 0) is 54.0 Å². The van der Waals surface area contributed by atoms with Crippen molar-refractivity contribution >= 4 is 15.9 Å². The van der Waals surface area contributed by atoms with Gasteiger partial charge >= 0.3 is 0 Å². The van der Waals surface area contributed by atoms with E-state index in [0.717, 1.165) is 11.0 Å². The lowest BCUT2D eigenvalue weighted by Crippen LogP contribution is -2.29. The van der Waals surface area contributed by atoms with E-state index in [0.29, 0.717) is 0 Å². The minimum absolute atomic E-state index is 1.01. The van der Waals surface area contributed by atoms with E-state index in [2.05, 4.69) is 37.9 Å². The first-order valence-corrected chi connectivity index (χ1v) is 5.97. The second-order valence-corrected chi connectivity index (χ2v) is 4.72. The average molecular weight is 255 g/mol. The van der Waals surface area contributed by atoms with Gasteiger partial charge in [0.25, 0.3) is 0 Å². The minimum Gasteiger partial charge on any atom is -0.298 e. The molecule has 1 aliphatic heterocycles. The largest absolute Gasteiger partial charge is 0.298 e. The van der Waals surface area contributed by atoms with Gasteiger partial charge in [0.2, 0.25) is 0 Å². The number of hydrogen-bond donors (Lipinski definition) is 0. The Labute approximate surface area is 93.5 Å². The van der Waals surface area contributed by atoms with Crippen molar-refractivity contribution in [3.05, 3.63) is 28.5 Å². The molecule has 1 aromatic rings. The molecule has 0 unspecified atom stereocenters. The van der Waals surface area contributed by atoms with Crippen LogP contribution in [0.3, 0.4) is 0 Å². The number of rotatable bonds is 2. The number of likely N-dealkylation sites (tertiary alicyclic amines) is 1. The molecule has 14 heavy (non-hydrogen) atoms. The number of halogens is 1. The van der Waals surface area contributed by atoms with Crippen LogP contribution in [0.1, 0.15) is 25.0 Å². The zero-order valence-electron chi connectivity index (χ0n) is 8.25. The van der Waals surface area contributed by atoms with Crippen molar-refractivity contribution in [2.45, 2.75) is 25.8 Å². The van der Waals surface area contributed by atoms with Crippen LogP contribution >= 0.6 is 15.9 Å². The molecule has 0 N–H and O–H groups in total. The van der Waals surface area contributed by atoms with Crippen LogP contribution in [-0.4, -0.2) is 23.0 Å². The number of aromatic nitrogens is 1. The first-order valence-electron chi connectivity index (χ1n) is 5.17. The summed E-state index contributed by atoms with van der Waals surface area (Å²) in [6, 6.07) is 4.16. The van der Waals surface area contributed by atoms with Gasteiger partial charge in [-0.1, -0.05) is 6.42 Å². The van der Waals surface area contributed by atoms with E-state index in [1.54, 1.807) is 0 Å². The fraction of sp³-hybridized carbons (Fsp3) is 0.545. The molecule has 3 heteroatoms. The molecular formula is C11H15BrN2. The van der Waals surface area contributed by atoms with Crippen molar-refractivity contribution in [1.29, 1.82) is 0 Å². The van der Waals surface area contributed by atoms with E-state index >= 15 is 0 Å². The molecule has 0 saturated carbocycles. The van der Waals surface area contributed by atoms with Gasteiger partial charge < -0.3 is 0 Å². The summed E-state index contributed by atoms with van der Waals surface area (Å²) >= 11 is 3.39. The van der Waals surface area contributed by atoms with Crippen molar-refractivity contribution < 1.29 is 0 Å². The molecule has 0 aliphatic carbocycles. The summed E-state index contributed by atoms with van der Waals surface area (Å²) in [5.74, 6) is 0. The molecule has 0 aromatic carbocycles. The highest BCUT2D eigenvalue weighted by atomic mass is 79.9. The lowest BCUT2D eigenvalue weighted by molar-refractivity contribution is 0.218. The van der Waals surface area contributed by atoms with Crippen LogP contribution in [0.5, 0.6) is 0 Å². The maximum atomic E-state index is 4.38. The zero-order valence-corrected chi connectivity index (χ0v) is 9.83. The fourth-order valence-electron chi connectivity index (χ4n) is 1.85. The predicted octanol–water partition coefficient (Wildman–Crippen LogP) is 2.83. The third-order valence-electron chi connectivity index (χ3n) is 2.62. The average Bonchev–Trinajstić information content (AvgIpc) is 2.23. The third kappa shape index (κ3) is 2.79. The van der Waals surface area contributed by atoms with Crippen molar-refractivity contribution in [3.63, 3.8) is 0 Å². The molecule has 1 aliphatic rings. The Morgan fingerprint density at radius 3 is 2.64 bits per heavy atom. The highest BCUT2D eigenvalue weighted by Gasteiger charge is 2.10. The lowest BCUT2D eigenvalue weighted by Gasteiger charge is -2.25. The van der Waals surface area contributed by atoms with Crippen molar-refractivity contribution in [1.82, 2.24) is 9.88 Å². The molecule has 2 rings (SSSR count). The third-order valence-corrected chi connectivity index (χ3v) is 3.09. The predicted molar refractivity (Wildman–Crippen MR) is 61.1 cm³/mol. The summed E-state index contributed by atoms with van der Waals surface area (Å²) in [4.78, 5) is 6.87. The standard InChI is InChI=1S/C11H15BrN2/c12-10-4-5-11(13-8-10)9-14-6-2-1-3-7-14/h4-5,8H,1-3,6-7,9H2. The summed E-state index contributed by atoms with van der Waals surface area (Å²) in [7, 11) is 0. The Bertz CT molecular complexity index is 278. The van der Waals surface area contributed by atoms with Crippen LogP contribution in [0.4, 0.5) is 0 Å². The molecule has 0 radical (unpaired) electrons.